The second-order valence-electron chi connectivity index (χ2n) is 9.69. The van der Waals surface area contributed by atoms with Crippen LogP contribution < -0.4 is 4.90 Å². The number of ether oxygens (including phenoxy) is 1. The molecule has 0 aliphatic carbocycles. The van der Waals surface area contributed by atoms with Gasteiger partial charge in [-0.1, -0.05) is 0 Å². The van der Waals surface area contributed by atoms with Gasteiger partial charge in [-0.15, -0.1) is 0 Å². The summed E-state index contributed by atoms with van der Waals surface area (Å²) in [5.41, 5.74) is 2.50. The largest absolute Gasteiger partial charge is 0.370 e. The van der Waals surface area contributed by atoms with E-state index in [9.17, 15) is 10.1 Å². The summed E-state index contributed by atoms with van der Waals surface area (Å²) < 4.78 is 6.34. The lowest BCUT2D eigenvalue weighted by Gasteiger charge is -2.43. The molecule has 0 bridgehead atoms. The fraction of sp³-hybridized carbons (Fsp3) is 0.577. The first-order valence-electron chi connectivity index (χ1n) is 12.3. The lowest BCUT2D eigenvalue weighted by molar-refractivity contribution is -0.137. The molecule has 1 aromatic heterocycles. The number of pyridine rings is 1. The number of anilines is 1. The van der Waals surface area contributed by atoms with Gasteiger partial charge in [0.15, 0.2) is 0 Å². The number of likely N-dealkylation sites (tertiary alicyclic amines) is 2. The number of carbonyl (C=O) groups is 1. The highest BCUT2D eigenvalue weighted by Gasteiger charge is 2.32. The first-order valence-corrected chi connectivity index (χ1v) is 12.3. The van der Waals surface area contributed by atoms with Crippen LogP contribution in [-0.4, -0.2) is 78.2 Å². The summed E-state index contributed by atoms with van der Waals surface area (Å²) in [4.78, 5) is 23.8. The Kier molecular flexibility index (Phi) is 6.48. The fourth-order valence-corrected chi connectivity index (χ4v) is 5.78. The Morgan fingerprint density at radius 2 is 2.00 bits per heavy atom. The van der Waals surface area contributed by atoms with Gasteiger partial charge in [0.1, 0.15) is 6.07 Å². The molecule has 3 fully saturated rings. The van der Waals surface area contributed by atoms with E-state index in [1.54, 1.807) is 6.20 Å². The number of hydrogen-bond donors (Lipinski definition) is 0. The number of hydrogen-bond acceptors (Lipinski definition) is 6. The number of nitriles is 1. The van der Waals surface area contributed by atoms with Crippen LogP contribution in [0.25, 0.3) is 10.9 Å². The molecule has 0 N–H and O–H groups in total. The van der Waals surface area contributed by atoms with Gasteiger partial charge in [-0.25, -0.2) is 0 Å². The number of rotatable bonds is 4. The highest BCUT2D eigenvalue weighted by atomic mass is 16.5. The Morgan fingerprint density at radius 3 is 2.79 bits per heavy atom. The van der Waals surface area contributed by atoms with Crippen molar-refractivity contribution in [3.8, 4) is 6.07 Å². The normalized spacial score (nSPS) is 25.4. The van der Waals surface area contributed by atoms with Crippen molar-refractivity contribution in [2.75, 3.05) is 44.2 Å². The number of benzene rings is 1. The van der Waals surface area contributed by atoms with Gasteiger partial charge in [0.2, 0.25) is 5.91 Å². The van der Waals surface area contributed by atoms with Crippen molar-refractivity contribution in [1.29, 1.82) is 5.26 Å². The molecule has 0 unspecified atom stereocenters. The van der Waals surface area contributed by atoms with Crippen LogP contribution in [0.5, 0.6) is 0 Å². The minimum Gasteiger partial charge on any atom is -0.370 e. The molecule has 0 radical (unpaired) electrons. The monoisotopic (exact) mass is 447 g/mol. The molecule has 174 valence electrons. The van der Waals surface area contributed by atoms with Crippen molar-refractivity contribution < 1.29 is 9.53 Å². The quantitative estimate of drug-likeness (QED) is 0.717. The fourth-order valence-electron chi connectivity index (χ4n) is 5.78. The van der Waals surface area contributed by atoms with E-state index < -0.39 is 0 Å². The number of carbonyl (C=O) groups excluding carboxylic acids is 1. The molecule has 1 amide bonds. The van der Waals surface area contributed by atoms with E-state index in [0.717, 1.165) is 88.0 Å². The Bertz CT molecular complexity index is 1040. The summed E-state index contributed by atoms with van der Waals surface area (Å²) in [7, 11) is 0. The van der Waals surface area contributed by atoms with E-state index in [2.05, 4.69) is 44.8 Å². The average molecular weight is 448 g/mol. The van der Waals surface area contributed by atoms with E-state index in [4.69, 9.17) is 4.74 Å². The lowest BCUT2D eigenvalue weighted by atomic mass is 9.99. The zero-order valence-electron chi connectivity index (χ0n) is 19.4. The molecule has 3 aliphatic rings. The molecular weight excluding hydrogens is 414 g/mol. The van der Waals surface area contributed by atoms with E-state index >= 15 is 0 Å². The van der Waals surface area contributed by atoms with Gasteiger partial charge in [-0.3, -0.25) is 9.78 Å². The molecule has 0 saturated carbocycles. The molecule has 0 spiro atoms. The summed E-state index contributed by atoms with van der Waals surface area (Å²) in [5.74, 6) is 0.351. The van der Waals surface area contributed by atoms with Gasteiger partial charge < -0.3 is 19.4 Å². The van der Waals surface area contributed by atoms with Crippen LogP contribution in [0.15, 0.2) is 30.5 Å². The minimum absolute atomic E-state index is 0.129. The summed E-state index contributed by atoms with van der Waals surface area (Å²) in [6.45, 7) is 7.68. The van der Waals surface area contributed by atoms with Crippen molar-refractivity contribution in [1.82, 2.24) is 14.8 Å². The Balaban J connectivity index is 1.24. The maximum Gasteiger partial charge on any atom is 0.222 e. The molecule has 2 atom stereocenters. The minimum atomic E-state index is 0.129. The third kappa shape index (κ3) is 4.68. The van der Waals surface area contributed by atoms with Gasteiger partial charge in [0.25, 0.3) is 0 Å². The highest BCUT2D eigenvalue weighted by molar-refractivity contribution is 5.95. The van der Waals surface area contributed by atoms with Crippen LogP contribution in [0, 0.1) is 11.3 Å². The average Bonchev–Trinajstić information content (AvgIpc) is 2.84. The van der Waals surface area contributed by atoms with Crippen molar-refractivity contribution in [3.05, 3.63) is 36.0 Å². The molecule has 2 aromatic rings. The molecule has 7 heteroatoms. The van der Waals surface area contributed by atoms with Crippen LogP contribution in [0.1, 0.15) is 44.6 Å². The smallest absolute Gasteiger partial charge is 0.222 e. The molecule has 33 heavy (non-hydrogen) atoms. The number of piperidine rings is 2. The van der Waals surface area contributed by atoms with Gasteiger partial charge in [-0.05, 0) is 56.9 Å². The molecule has 3 saturated heterocycles. The number of fused-ring (bicyclic) bond motifs is 1. The van der Waals surface area contributed by atoms with Crippen LogP contribution in [0.2, 0.25) is 0 Å². The van der Waals surface area contributed by atoms with Gasteiger partial charge in [0, 0.05) is 69.0 Å². The van der Waals surface area contributed by atoms with Crippen molar-refractivity contribution in [2.24, 2.45) is 0 Å². The maximum atomic E-state index is 12.3. The molecule has 7 nitrogen and oxygen atoms in total. The number of aromatic nitrogens is 1. The molecule has 5 rings (SSSR count). The first-order chi connectivity index (χ1) is 16.1. The van der Waals surface area contributed by atoms with Crippen LogP contribution in [0.3, 0.4) is 0 Å². The van der Waals surface area contributed by atoms with E-state index in [1.807, 2.05) is 12.1 Å². The Labute approximate surface area is 195 Å². The van der Waals surface area contributed by atoms with Gasteiger partial charge in [0.05, 0.1) is 23.3 Å². The van der Waals surface area contributed by atoms with Crippen LogP contribution in [0.4, 0.5) is 5.69 Å². The predicted octanol–water partition coefficient (Wildman–Crippen LogP) is 3.18. The second-order valence-corrected chi connectivity index (χ2v) is 9.69. The second kappa shape index (κ2) is 9.66. The molecule has 3 aliphatic heterocycles. The Hall–Kier alpha value is -2.69. The number of morpholine rings is 1. The summed E-state index contributed by atoms with van der Waals surface area (Å²) in [5, 5.41) is 10.5. The van der Waals surface area contributed by atoms with Crippen molar-refractivity contribution in [3.63, 3.8) is 0 Å². The highest BCUT2D eigenvalue weighted by Crippen LogP contribution is 2.31. The number of nitrogens with zero attached hydrogens (tertiary/aromatic N) is 5. The molecule has 4 heterocycles. The summed E-state index contributed by atoms with van der Waals surface area (Å²) in [6.07, 6.45) is 7.05. The Morgan fingerprint density at radius 1 is 1.15 bits per heavy atom. The zero-order chi connectivity index (χ0) is 22.8. The van der Waals surface area contributed by atoms with Crippen molar-refractivity contribution >= 4 is 22.5 Å². The third-order valence-electron chi connectivity index (χ3n) is 7.35. The van der Waals surface area contributed by atoms with Gasteiger partial charge in [-0.2, -0.15) is 5.26 Å². The van der Waals surface area contributed by atoms with E-state index in [1.165, 1.54) is 0 Å². The van der Waals surface area contributed by atoms with Crippen LogP contribution >= 0.6 is 0 Å². The number of amides is 1. The standard InChI is InChI=1S/C26H33N5O2/c1-19-16-30(24-8-7-20(15-27)26-23(24)5-4-11-28-26)18-22(33-19)17-29-13-9-21(10-14-29)31-12-3-2-6-25(31)32/h4-5,7-8,11,19,21-22H,2-3,6,9-10,12-14,16-18H2,1H3/t19-,22+/m1/s1. The zero-order valence-corrected chi connectivity index (χ0v) is 19.4. The lowest BCUT2D eigenvalue weighted by Crippen LogP contribution is -2.54. The maximum absolute atomic E-state index is 12.3. The SMILES string of the molecule is C[C@@H]1CN(c2ccc(C#N)c3ncccc23)C[C@H](CN2CCC(N3CCCCC3=O)CC2)O1. The summed E-state index contributed by atoms with van der Waals surface area (Å²) >= 11 is 0. The molecule has 1 aromatic carbocycles. The van der Waals surface area contributed by atoms with Crippen LogP contribution in [-0.2, 0) is 9.53 Å². The van der Waals surface area contributed by atoms with E-state index in [-0.39, 0.29) is 12.2 Å². The third-order valence-corrected chi connectivity index (χ3v) is 7.35. The van der Waals surface area contributed by atoms with Crippen molar-refractivity contribution in [2.45, 2.75) is 57.3 Å². The predicted molar refractivity (Wildman–Crippen MR) is 128 cm³/mol. The summed E-state index contributed by atoms with van der Waals surface area (Å²) in [6, 6.07) is 10.6. The molecular formula is C26H33N5O2. The first kappa shape index (κ1) is 22.1. The topological polar surface area (TPSA) is 72.7 Å². The van der Waals surface area contributed by atoms with Gasteiger partial charge >= 0.3 is 0 Å². The van der Waals surface area contributed by atoms with E-state index in [0.29, 0.717) is 17.5 Å².